The number of carbonyl (C=O) groups excluding carboxylic acids is 3. The summed E-state index contributed by atoms with van der Waals surface area (Å²) in [5.74, 6) is -1.22. The summed E-state index contributed by atoms with van der Waals surface area (Å²) in [6, 6.07) is 0. The first-order valence-corrected chi connectivity index (χ1v) is 5.18. The van der Waals surface area contributed by atoms with E-state index in [1.54, 1.807) is 0 Å². The van der Waals surface area contributed by atoms with Gasteiger partial charge in [-0.05, 0) is 6.92 Å². The number of esters is 1. The molecular weight excluding hydrogens is 267 g/mol. The molecule has 0 unspecified atom stereocenters. The average molecular weight is 280 g/mol. The van der Waals surface area contributed by atoms with Gasteiger partial charge in [0.15, 0.2) is 12.2 Å². The average Bonchev–Trinajstić information content (AvgIpc) is 2.59. The summed E-state index contributed by atoms with van der Waals surface area (Å²) < 4.78 is 36.2. The fraction of sp³-hybridized carbons (Fsp3) is 0.700. The Hall–Kier alpha value is -2.06. The van der Waals surface area contributed by atoms with Crippen molar-refractivity contribution in [3.05, 3.63) is 0 Å². The molecule has 9 heteroatoms. The largest absolute Gasteiger partial charge is 0.508 e. The molecule has 0 radical (unpaired) electrons. The highest BCUT2D eigenvalue weighted by molar-refractivity contribution is 5.83. The van der Waals surface area contributed by atoms with Crippen LogP contribution in [0.4, 0.5) is 14.0 Å². The predicted octanol–water partition coefficient (Wildman–Crippen LogP) is 0.575. The fourth-order valence-electron chi connectivity index (χ4n) is 1.45. The van der Waals surface area contributed by atoms with Crippen molar-refractivity contribution in [3.8, 4) is 0 Å². The first-order chi connectivity index (χ1) is 8.82. The standard InChI is InChI=1S/C10H13FO8/c1-10(11)6(19-9(14)16-3)5(18-7(10)12)4-17-8(13)15-2/h5-6H,4H2,1-3H3/t5-,6-,10-/m1/s1. The number of halogens is 1. The predicted molar refractivity (Wildman–Crippen MR) is 55.0 cm³/mol. The van der Waals surface area contributed by atoms with E-state index in [0.717, 1.165) is 21.1 Å². The van der Waals surface area contributed by atoms with Crippen LogP contribution in [0.25, 0.3) is 0 Å². The van der Waals surface area contributed by atoms with Crippen LogP contribution in [-0.2, 0) is 28.5 Å². The van der Waals surface area contributed by atoms with Gasteiger partial charge in [0.05, 0.1) is 14.2 Å². The molecule has 0 aromatic heterocycles. The van der Waals surface area contributed by atoms with Crippen molar-refractivity contribution < 1.29 is 42.5 Å². The van der Waals surface area contributed by atoms with Crippen LogP contribution >= 0.6 is 0 Å². The second-order valence-electron chi connectivity index (χ2n) is 3.78. The maximum atomic E-state index is 14.0. The molecule has 0 saturated carbocycles. The monoisotopic (exact) mass is 280 g/mol. The Kier molecular flexibility index (Phi) is 4.52. The summed E-state index contributed by atoms with van der Waals surface area (Å²) in [7, 11) is 2.10. The Morgan fingerprint density at radius 1 is 1.32 bits per heavy atom. The molecule has 19 heavy (non-hydrogen) atoms. The third-order valence-corrected chi connectivity index (χ3v) is 2.45. The minimum Gasteiger partial charge on any atom is -0.452 e. The van der Waals surface area contributed by atoms with Gasteiger partial charge in [0, 0.05) is 0 Å². The summed E-state index contributed by atoms with van der Waals surface area (Å²) in [6.07, 6.45) is -5.09. The topological polar surface area (TPSA) is 97.4 Å². The van der Waals surface area contributed by atoms with E-state index in [2.05, 4.69) is 23.7 Å². The van der Waals surface area contributed by atoms with Gasteiger partial charge in [-0.3, -0.25) is 0 Å². The highest BCUT2D eigenvalue weighted by atomic mass is 19.1. The lowest BCUT2D eigenvalue weighted by molar-refractivity contribution is -0.150. The normalized spacial score (nSPS) is 29.4. The molecule has 1 heterocycles. The van der Waals surface area contributed by atoms with Crippen molar-refractivity contribution in [2.45, 2.75) is 24.8 Å². The van der Waals surface area contributed by atoms with E-state index in [9.17, 15) is 18.8 Å². The summed E-state index contributed by atoms with van der Waals surface area (Å²) in [5.41, 5.74) is -2.56. The minimum absolute atomic E-state index is 0.514. The SMILES string of the molecule is COC(=O)OC[C@H]1OC(=O)[C@](C)(F)[C@@H]1OC(=O)OC. The van der Waals surface area contributed by atoms with Crippen LogP contribution in [0.15, 0.2) is 0 Å². The highest BCUT2D eigenvalue weighted by Crippen LogP contribution is 2.32. The quantitative estimate of drug-likeness (QED) is 0.547. The smallest absolute Gasteiger partial charge is 0.452 e. The molecule has 1 fully saturated rings. The van der Waals surface area contributed by atoms with Crippen molar-refractivity contribution in [3.63, 3.8) is 0 Å². The zero-order chi connectivity index (χ0) is 14.6. The number of carbonyl (C=O) groups is 3. The van der Waals surface area contributed by atoms with E-state index < -0.39 is 42.8 Å². The van der Waals surface area contributed by atoms with Gasteiger partial charge in [-0.1, -0.05) is 0 Å². The summed E-state index contributed by atoms with van der Waals surface area (Å²) in [4.78, 5) is 33.1. The van der Waals surface area contributed by atoms with Crippen molar-refractivity contribution in [1.82, 2.24) is 0 Å². The number of ether oxygens (including phenoxy) is 5. The van der Waals surface area contributed by atoms with Crippen LogP contribution in [0, 0.1) is 0 Å². The summed E-state index contributed by atoms with van der Waals surface area (Å²) >= 11 is 0. The van der Waals surface area contributed by atoms with Crippen molar-refractivity contribution in [2.75, 3.05) is 20.8 Å². The Morgan fingerprint density at radius 3 is 2.42 bits per heavy atom. The molecule has 108 valence electrons. The molecule has 0 bridgehead atoms. The molecule has 8 nitrogen and oxygen atoms in total. The third kappa shape index (κ3) is 3.24. The molecule has 1 aliphatic heterocycles. The highest BCUT2D eigenvalue weighted by Gasteiger charge is 2.58. The first-order valence-electron chi connectivity index (χ1n) is 5.18. The Balaban J connectivity index is 2.75. The maximum absolute atomic E-state index is 14.0. The van der Waals surface area contributed by atoms with Gasteiger partial charge in [-0.25, -0.2) is 18.8 Å². The van der Waals surface area contributed by atoms with E-state index in [0.29, 0.717) is 0 Å². The lowest BCUT2D eigenvalue weighted by atomic mass is 10.0. The van der Waals surface area contributed by atoms with E-state index in [4.69, 9.17) is 0 Å². The van der Waals surface area contributed by atoms with Crippen LogP contribution in [0.5, 0.6) is 0 Å². The molecule has 0 aliphatic carbocycles. The molecule has 0 aromatic rings. The van der Waals surface area contributed by atoms with Crippen LogP contribution in [-0.4, -0.2) is 57.0 Å². The zero-order valence-corrected chi connectivity index (χ0v) is 10.5. The van der Waals surface area contributed by atoms with Crippen molar-refractivity contribution >= 4 is 18.3 Å². The van der Waals surface area contributed by atoms with Gasteiger partial charge in [0.1, 0.15) is 6.61 Å². The fourth-order valence-corrected chi connectivity index (χ4v) is 1.45. The molecule has 3 atom stereocenters. The molecule has 0 N–H and O–H groups in total. The third-order valence-electron chi connectivity index (χ3n) is 2.45. The van der Waals surface area contributed by atoms with Crippen LogP contribution in [0.1, 0.15) is 6.92 Å². The Morgan fingerprint density at radius 2 is 1.89 bits per heavy atom. The number of methoxy groups -OCH3 is 2. The number of alkyl halides is 1. The number of hydrogen-bond acceptors (Lipinski definition) is 8. The van der Waals surface area contributed by atoms with Gasteiger partial charge in [0.25, 0.3) is 0 Å². The van der Waals surface area contributed by atoms with Gasteiger partial charge in [-0.2, -0.15) is 0 Å². The maximum Gasteiger partial charge on any atom is 0.508 e. The Bertz CT molecular complexity index is 380. The van der Waals surface area contributed by atoms with E-state index >= 15 is 0 Å². The minimum atomic E-state index is -2.56. The van der Waals surface area contributed by atoms with E-state index in [-0.39, 0.29) is 0 Å². The van der Waals surface area contributed by atoms with Gasteiger partial charge in [-0.15, -0.1) is 0 Å². The second kappa shape index (κ2) is 5.72. The number of hydrogen-bond donors (Lipinski definition) is 0. The van der Waals surface area contributed by atoms with E-state index in [1.807, 2.05) is 0 Å². The summed E-state index contributed by atoms with van der Waals surface area (Å²) in [6.45, 7) is 0.376. The van der Waals surface area contributed by atoms with Crippen LogP contribution < -0.4 is 0 Å². The van der Waals surface area contributed by atoms with Gasteiger partial charge >= 0.3 is 18.3 Å². The second-order valence-corrected chi connectivity index (χ2v) is 3.78. The molecule has 0 aromatic carbocycles. The molecule has 0 amide bonds. The first kappa shape index (κ1) is 15.0. The lowest BCUT2D eigenvalue weighted by Gasteiger charge is -2.21. The molecule has 1 rings (SSSR count). The lowest BCUT2D eigenvalue weighted by Crippen LogP contribution is -2.44. The molecule has 1 saturated heterocycles. The Labute approximate surface area is 107 Å². The zero-order valence-electron chi connectivity index (χ0n) is 10.5. The molecular formula is C10H13FO8. The van der Waals surface area contributed by atoms with Crippen molar-refractivity contribution in [1.29, 1.82) is 0 Å². The van der Waals surface area contributed by atoms with Gasteiger partial charge < -0.3 is 23.7 Å². The van der Waals surface area contributed by atoms with Gasteiger partial charge in [0.2, 0.25) is 5.67 Å². The van der Waals surface area contributed by atoms with Crippen molar-refractivity contribution in [2.24, 2.45) is 0 Å². The molecule has 0 spiro atoms. The summed E-state index contributed by atoms with van der Waals surface area (Å²) in [5, 5.41) is 0. The number of rotatable bonds is 3. The van der Waals surface area contributed by atoms with Crippen LogP contribution in [0.2, 0.25) is 0 Å². The van der Waals surface area contributed by atoms with Crippen LogP contribution in [0.3, 0.4) is 0 Å². The molecule has 1 aliphatic rings. The van der Waals surface area contributed by atoms with E-state index in [1.165, 1.54) is 0 Å². The number of cyclic esters (lactones) is 1.